The maximum atomic E-state index is 13.2. The van der Waals surface area contributed by atoms with Gasteiger partial charge in [-0.2, -0.15) is 5.10 Å². The predicted molar refractivity (Wildman–Crippen MR) is 103 cm³/mol. The van der Waals surface area contributed by atoms with Crippen LogP contribution >= 0.6 is 0 Å². The van der Waals surface area contributed by atoms with Gasteiger partial charge >= 0.3 is 5.76 Å². The number of nitrogens with one attached hydrogen (secondary N) is 1. The van der Waals surface area contributed by atoms with Gasteiger partial charge in [-0.15, -0.1) is 0 Å². The second-order valence-corrected chi connectivity index (χ2v) is 7.05. The summed E-state index contributed by atoms with van der Waals surface area (Å²) in [5.41, 5.74) is 5.47. The highest BCUT2D eigenvalue weighted by atomic mass is 19.1. The number of halogens is 1. The number of benzene rings is 2. The summed E-state index contributed by atoms with van der Waals surface area (Å²) in [5.74, 6) is -0.582. The van der Waals surface area contributed by atoms with Gasteiger partial charge in [0.25, 0.3) is 0 Å². The minimum atomic E-state index is -0.325. The van der Waals surface area contributed by atoms with Crippen molar-refractivity contribution in [2.45, 2.75) is 19.5 Å². The van der Waals surface area contributed by atoms with E-state index in [4.69, 9.17) is 4.42 Å². The number of para-hydroxylation sites is 2. The normalized spacial score (nSPS) is 14.5. The molecule has 4 aromatic rings. The summed E-state index contributed by atoms with van der Waals surface area (Å²) in [7, 11) is 0. The van der Waals surface area contributed by atoms with Crippen LogP contribution in [0.5, 0.6) is 0 Å². The lowest BCUT2D eigenvalue weighted by Crippen LogP contribution is -2.34. The zero-order valence-electron chi connectivity index (χ0n) is 15.2. The van der Waals surface area contributed by atoms with Crippen LogP contribution in [0.4, 0.5) is 4.39 Å². The van der Waals surface area contributed by atoms with Crippen molar-refractivity contribution in [3.05, 3.63) is 76.2 Å². The van der Waals surface area contributed by atoms with Crippen molar-refractivity contribution in [3.63, 3.8) is 0 Å². The van der Waals surface area contributed by atoms with Crippen molar-refractivity contribution in [1.82, 2.24) is 19.7 Å². The van der Waals surface area contributed by atoms with Crippen LogP contribution in [-0.4, -0.2) is 32.8 Å². The van der Waals surface area contributed by atoms with Crippen molar-refractivity contribution in [2.75, 3.05) is 13.1 Å². The van der Waals surface area contributed by atoms with Gasteiger partial charge in [0.05, 0.1) is 11.2 Å². The van der Waals surface area contributed by atoms with Crippen molar-refractivity contribution in [2.24, 2.45) is 0 Å². The molecule has 0 atom stereocenters. The summed E-state index contributed by atoms with van der Waals surface area (Å²) in [4.78, 5) is 14.5. The molecule has 3 heterocycles. The SMILES string of the molecule is O=c1oc2ccccc2n1CCN1CCc2[nH]nc(-c3ccc(F)cc3)c2C1. The number of hydrogen-bond donors (Lipinski definition) is 1. The van der Waals surface area contributed by atoms with E-state index in [2.05, 4.69) is 15.1 Å². The van der Waals surface area contributed by atoms with Gasteiger partial charge in [-0.25, -0.2) is 9.18 Å². The number of oxazole rings is 1. The Kier molecular flexibility index (Phi) is 4.09. The summed E-state index contributed by atoms with van der Waals surface area (Å²) in [6.45, 7) is 2.93. The third kappa shape index (κ3) is 2.93. The van der Waals surface area contributed by atoms with Gasteiger partial charge in [-0.1, -0.05) is 12.1 Å². The second-order valence-electron chi connectivity index (χ2n) is 7.05. The Balaban J connectivity index is 1.36. The molecule has 1 N–H and O–H groups in total. The number of nitrogens with zero attached hydrogens (tertiary/aromatic N) is 3. The first-order valence-corrected chi connectivity index (χ1v) is 9.32. The molecule has 2 aromatic heterocycles. The van der Waals surface area contributed by atoms with Gasteiger partial charge in [-0.3, -0.25) is 14.6 Å². The number of hydrogen-bond acceptors (Lipinski definition) is 4. The molecule has 2 aromatic carbocycles. The number of aromatic amines is 1. The summed E-state index contributed by atoms with van der Waals surface area (Å²) in [6.07, 6.45) is 0.866. The molecule has 1 aliphatic heterocycles. The highest BCUT2D eigenvalue weighted by molar-refractivity contribution is 5.72. The van der Waals surface area contributed by atoms with Crippen LogP contribution < -0.4 is 5.76 Å². The van der Waals surface area contributed by atoms with E-state index in [1.54, 1.807) is 22.8 Å². The first kappa shape index (κ1) is 16.9. The van der Waals surface area contributed by atoms with Crippen molar-refractivity contribution in [1.29, 1.82) is 0 Å². The topological polar surface area (TPSA) is 67.1 Å². The lowest BCUT2D eigenvalue weighted by atomic mass is 10.0. The largest absolute Gasteiger partial charge is 0.419 e. The fourth-order valence-electron chi connectivity index (χ4n) is 3.86. The van der Waals surface area contributed by atoms with Gasteiger partial charge < -0.3 is 4.42 Å². The fourth-order valence-corrected chi connectivity index (χ4v) is 3.86. The van der Waals surface area contributed by atoms with Crippen LogP contribution in [0, 0.1) is 5.82 Å². The molecule has 5 rings (SSSR count). The third-order valence-electron chi connectivity index (χ3n) is 5.34. The fraction of sp³-hybridized carbons (Fsp3) is 0.238. The maximum absolute atomic E-state index is 13.2. The number of fused-ring (bicyclic) bond motifs is 2. The standard InChI is InChI=1S/C21H19FN4O2/c22-15-7-5-14(6-8-15)20-16-13-25(10-9-17(16)23-24-20)11-12-26-18-3-1-2-4-19(18)28-21(26)27/h1-8H,9-13H2,(H,23,24). The molecule has 1 aliphatic rings. The van der Waals surface area contributed by atoms with Gasteiger partial charge in [-0.05, 0) is 36.4 Å². The van der Waals surface area contributed by atoms with Crippen LogP contribution in [0.3, 0.4) is 0 Å². The van der Waals surface area contributed by atoms with E-state index >= 15 is 0 Å². The predicted octanol–water partition coefficient (Wildman–Crippen LogP) is 3.18. The molecule has 0 unspecified atom stereocenters. The van der Waals surface area contributed by atoms with Gasteiger partial charge in [0.15, 0.2) is 5.58 Å². The smallest absolute Gasteiger partial charge is 0.408 e. The summed E-state index contributed by atoms with van der Waals surface area (Å²) < 4.78 is 20.2. The average molecular weight is 378 g/mol. The van der Waals surface area contributed by atoms with E-state index < -0.39 is 0 Å². The quantitative estimate of drug-likeness (QED) is 0.592. The highest BCUT2D eigenvalue weighted by Crippen LogP contribution is 2.28. The molecule has 0 radical (unpaired) electrons. The molecule has 0 bridgehead atoms. The van der Waals surface area contributed by atoms with Crippen LogP contribution in [0.25, 0.3) is 22.4 Å². The Morgan fingerprint density at radius 2 is 1.93 bits per heavy atom. The first-order valence-electron chi connectivity index (χ1n) is 9.32. The zero-order valence-corrected chi connectivity index (χ0v) is 15.2. The number of rotatable bonds is 4. The summed E-state index contributed by atoms with van der Waals surface area (Å²) in [6, 6.07) is 13.9. The highest BCUT2D eigenvalue weighted by Gasteiger charge is 2.23. The molecule has 0 saturated carbocycles. The minimum absolute atomic E-state index is 0.257. The molecule has 0 amide bonds. The summed E-state index contributed by atoms with van der Waals surface area (Å²) >= 11 is 0. The van der Waals surface area contributed by atoms with Gasteiger partial charge in [0.1, 0.15) is 5.82 Å². The number of H-pyrrole nitrogens is 1. The van der Waals surface area contributed by atoms with Crippen molar-refractivity contribution in [3.8, 4) is 11.3 Å². The molecular formula is C21H19FN4O2. The van der Waals surface area contributed by atoms with E-state index in [0.717, 1.165) is 54.1 Å². The Bertz CT molecular complexity index is 1190. The van der Waals surface area contributed by atoms with E-state index in [-0.39, 0.29) is 11.6 Å². The molecular weight excluding hydrogens is 359 g/mol. The molecule has 0 fully saturated rings. The molecule has 7 heteroatoms. The van der Waals surface area contributed by atoms with Gasteiger partial charge in [0, 0.05) is 49.4 Å². The molecule has 0 aliphatic carbocycles. The van der Waals surface area contributed by atoms with E-state index in [0.29, 0.717) is 12.1 Å². The molecule has 28 heavy (non-hydrogen) atoms. The average Bonchev–Trinajstić information content (AvgIpc) is 3.27. The summed E-state index contributed by atoms with van der Waals surface area (Å²) in [5, 5.41) is 7.58. The first-order chi connectivity index (χ1) is 13.7. The number of aromatic nitrogens is 3. The lowest BCUT2D eigenvalue weighted by molar-refractivity contribution is 0.242. The van der Waals surface area contributed by atoms with Crippen LogP contribution in [0.1, 0.15) is 11.3 Å². The Morgan fingerprint density at radius 1 is 1.11 bits per heavy atom. The lowest BCUT2D eigenvalue weighted by Gasteiger charge is -2.27. The molecule has 0 saturated heterocycles. The van der Waals surface area contributed by atoms with Crippen molar-refractivity contribution >= 4 is 11.1 Å². The minimum Gasteiger partial charge on any atom is -0.408 e. The molecule has 0 spiro atoms. The Labute approximate surface area is 160 Å². The Hall–Kier alpha value is -3.19. The maximum Gasteiger partial charge on any atom is 0.419 e. The Morgan fingerprint density at radius 3 is 2.79 bits per heavy atom. The molecule has 142 valence electrons. The van der Waals surface area contributed by atoms with E-state index in [9.17, 15) is 9.18 Å². The van der Waals surface area contributed by atoms with Crippen LogP contribution in [0.15, 0.2) is 57.7 Å². The third-order valence-corrected chi connectivity index (χ3v) is 5.34. The van der Waals surface area contributed by atoms with Crippen molar-refractivity contribution < 1.29 is 8.81 Å². The van der Waals surface area contributed by atoms with E-state index in [1.807, 2.05) is 18.2 Å². The monoisotopic (exact) mass is 378 g/mol. The van der Waals surface area contributed by atoms with E-state index in [1.165, 1.54) is 12.1 Å². The zero-order chi connectivity index (χ0) is 19.1. The molecule has 6 nitrogen and oxygen atoms in total. The van der Waals surface area contributed by atoms with Gasteiger partial charge in [0.2, 0.25) is 0 Å². The van der Waals surface area contributed by atoms with Crippen LogP contribution in [-0.2, 0) is 19.5 Å². The second kappa shape index (κ2) is 6.76. The van der Waals surface area contributed by atoms with Crippen LogP contribution in [0.2, 0.25) is 0 Å².